The lowest BCUT2D eigenvalue weighted by Crippen LogP contribution is -2.41. The number of aromatic nitrogens is 2. The van der Waals surface area contributed by atoms with Gasteiger partial charge < -0.3 is 29.5 Å². The van der Waals surface area contributed by atoms with Crippen molar-refractivity contribution in [3.05, 3.63) is 41.2 Å². The Hall–Kier alpha value is -2.13. The van der Waals surface area contributed by atoms with Crippen LogP contribution in [0.25, 0.3) is 0 Å². The van der Waals surface area contributed by atoms with E-state index in [1.165, 1.54) is 5.69 Å². The van der Waals surface area contributed by atoms with Crippen molar-refractivity contribution >= 4 is 0 Å². The summed E-state index contributed by atoms with van der Waals surface area (Å²) in [5.74, 6) is 1.30. The quantitative estimate of drug-likeness (QED) is 0.545. The minimum absolute atomic E-state index is 0.206. The normalized spacial score (nSPS) is 16.5. The van der Waals surface area contributed by atoms with Crippen LogP contribution in [-0.4, -0.2) is 88.9 Å². The number of aryl methyl sites for hydroxylation is 2. The number of likely N-dealkylation sites (tertiary alicyclic amines) is 1. The van der Waals surface area contributed by atoms with Crippen molar-refractivity contribution in [1.29, 1.82) is 0 Å². The van der Waals surface area contributed by atoms with E-state index < -0.39 is 6.10 Å². The molecule has 1 saturated heterocycles. The molecule has 2 aromatic rings. The van der Waals surface area contributed by atoms with Gasteiger partial charge in [-0.3, -0.25) is 4.68 Å². The summed E-state index contributed by atoms with van der Waals surface area (Å²) in [6.07, 6.45) is 0.729. The second-order valence-corrected chi connectivity index (χ2v) is 8.87. The SMILES string of the molecule is COc1cc(CN(C)CCn2nc(C)cc2C)ccc1OC[C@H](O)CN1CCC(O)CC1. The van der Waals surface area contributed by atoms with Crippen molar-refractivity contribution in [2.45, 2.75) is 52.0 Å². The lowest BCUT2D eigenvalue weighted by Gasteiger charge is -2.30. The zero-order valence-corrected chi connectivity index (χ0v) is 19.8. The first-order chi connectivity index (χ1) is 15.3. The average Bonchev–Trinajstić information content (AvgIpc) is 3.09. The summed E-state index contributed by atoms with van der Waals surface area (Å²) in [7, 11) is 3.73. The van der Waals surface area contributed by atoms with E-state index in [2.05, 4.69) is 34.9 Å². The van der Waals surface area contributed by atoms with Gasteiger partial charge in [-0.1, -0.05) is 6.07 Å². The topological polar surface area (TPSA) is 83.2 Å². The van der Waals surface area contributed by atoms with Gasteiger partial charge in [-0.15, -0.1) is 0 Å². The Bertz CT molecular complexity index is 849. The van der Waals surface area contributed by atoms with Crippen molar-refractivity contribution in [3.8, 4) is 11.5 Å². The van der Waals surface area contributed by atoms with E-state index in [9.17, 15) is 10.2 Å². The molecule has 0 amide bonds. The standard InChI is InChI=1S/C24H38N4O4/c1-18-13-19(2)28(25-18)12-11-26(3)15-20-5-6-23(24(14-20)31-4)32-17-22(30)16-27-9-7-21(29)8-10-27/h5-6,13-14,21-22,29-30H,7-12,15-17H2,1-4H3/t22-/m1/s1. The summed E-state index contributed by atoms with van der Waals surface area (Å²) in [6.45, 7) is 9.00. The van der Waals surface area contributed by atoms with Gasteiger partial charge in [0.05, 0.1) is 25.5 Å². The van der Waals surface area contributed by atoms with E-state index in [0.29, 0.717) is 18.0 Å². The molecule has 1 atom stereocenters. The van der Waals surface area contributed by atoms with E-state index in [4.69, 9.17) is 9.47 Å². The molecule has 1 aromatic heterocycles. The molecule has 8 heteroatoms. The number of piperidine rings is 1. The average molecular weight is 447 g/mol. The molecule has 0 spiro atoms. The fourth-order valence-electron chi connectivity index (χ4n) is 4.13. The molecule has 32 heavy (non-hydrogen) atoms. The van der Waals surface area contributed by atoms with E-state index in [1.807, 2.05) is 29.8 Å². The summed E-state index contributed by atoms with van der Waals surface area (Å²) < 4.78 is 13.4. The number of rotatable bonds is 11. The van der Waals surface area contributed by atoms with Crippen molar-refractivity contribution in [2.24, 2.45) is 0 Å². The van der Waals surface area contributed by atoms with Gasteiger partial charge in [0.25, 0.3) is 0 Å². The van der Waals surface area contributed by atoms with Crippen molar-refractivity contribution < 1.29 is 19.7 Å². The third kappa shape index (κ3) is 7.20. The third-order valence-corrected chi connectivity index (χ3v) is 5.93. The Balaban J connectivity index is 1.47. The predicted molar refractivity (Wildman–Crippen MR) is 124 cm³/mol. The number of hydrogen-bond acceptors (Lipinski definition) is 7. The minimum atomic E-state index is -0.588. The number of likely N-dealkylation sites (N-methyl/N-ethyl adjacent to an activating group) is 1. The highest BCUT2D eigenvalue weighted by atomic mass is 16.5. The second kappa shape index (κ2) is 11.7. The number of benzene rings is 1. The van der Waals surface area contributed by atoms with Crippen LogP contribution < -0.4 is 9.47 Å². The molecule has 3 rings (SSSR count). The smallest absolute Gasteiger partial charge is 0.161 e. The second-order valence-electron chi connectivity index (χ2n) is 8.87. The fourth-order valence-corrected chi connectivity index (χ4v) is 4.13. The molecule has 8 nitrogen and oxygen atoms in total. The predicted octanol–water partition coefficient (Wildman–Crippen LogP) is 1.84. The number of hydrogen-bond donors (Lipinski definition) is 2. The highest BCUT2D eigenvalue weighted by molar-refractivity contribution is 5.43. The van der Waals surface area contributed by atoms with Crippen LogP contribution in [0, 0.1) is 13.8 Å². The number of nitrogens with zero attached hydrogens (tertiary/aromatic N) is 4. The number of β-amino-alcohol motifs (C(OH)–C–C–N with tert-alkyl or cyclic N) is 1. The van der Waals surface area contributed by atoms with Gasteiger partial charge in [0.15, 0.2) is 11.5 Å². The van der Waals surface area contributed by atoms with Gasteiger partial charge in [0.2, 0.25) is 0 Å². The lowest BCUT2D eigenvalue weighted by molar-refractivity contribution is 0.0333. The van der Waals surface area contributed by atoms with Crippen LogP contribution in [0.1, 0.15) is 29.8 Å². The maximum Gasteiger partial charge on any atom is 0.161 e. The monoisotopic (exact) mass is 446 g/mol. The fraction of sp³-hybridized carbons (Fsp3) is 0.625. The summed E-state index contributed by atoms with van der Waals surface area (Å²) in [6, 6.07) is 8.04. The van der Waals surface area contributed by atoms with Crippen molar-refractivity contribution in [1.82, 2.24) is 19.6 Å². The number of aliphatic hydroxyl groups is 2. The van der Waals surface area contributed by atoms with Gasteiger partial charge in [0, 0.05) is 38.4 Å². The Morgan fingerprint density at radius 1 is 1.19 bits per heavy atom. The van der Waals surface area contributed by atoms with E-state index in [1.54, 1.807) is 7.11 Å². The molecular weight excluding hydrogens is 408 g/mol. The Morgan fingerprint density at radius 3 is 2.59 bits per heavy atom. The highest BCUT2D eigenvalue weighted by Crippen LogP contribution is 2.28. The highest BCUT2D eigenvalue weighted by Gasteiger charge is 2.20. The molecule has 0 saturated carbocycles. The number of aliphatic hydroxyl groups excluding tert-OH is 2. The molecule has 1 aliphatic heterocycles. The van der Waals surface area contributed by atoms with E-state index in [-0.39, 0.29) is 12.7 Å². The Morgan fingerprint density at radius 2 is 1.94 bits per heavy atom. The van der Waals surface area contributed by atoms with Crippen molar-refractivity contribution in [2.75, 3.05) is 46.9 Å². The molecular formula is C24H38N4O4. The maximum atomic E-state index is 10.4. The van der Waals surface area contributed by atoms with Gasteiger partial charge in [-0.05, 0) is 57.5 Å². The molecule has 0 unspecified atom stereocenters. The Labute approximate surface area is 191 Å². The largest absolute Gasteiger partial charge is 0.493 e. The van der Waals surface area contributed by atoms with Crippen LogP contribution in [-0.2, 0) is 13.1 Å². The van der Waals surface area contributed by atoms with Crippen LogP contribution >= 0.6 is 0 Å². The zero-order chi connectivity index (χ0) is 23.1. The molecule has 0 bridgehead atoms. The number of methoxy groups -OCH3 is 1. The summed E-state index contributed by atoms with van der Waals surface area (Å²) in [4.78, 5) is 4.42. The maximum absolute atomic E-state index is 10.4. The molecule has 0 aliphatic carbocycles. The summed E-state index contributed by atoms with van der Waals surface area (Å²) in [5.41, 5.74) is 3.36. The first kappa shape index (κ1) is 24.5. The van der Waals surface area contributed by atoms with E-state index in [0.717, 1.165) is 56.8 Å². The van der Waals surface area contributed by atoms with Crippen LogP contribution in [0.5, 0.6) is 11.5 Å². The van der Waals surface area contributed by atoms with Gasteiger partial charge in [-0.25, -0.2) is 0 Å². The first-order valence-corrected chi connectivity index (χ1v) is 11.4. The van der Waals surface area contributed by atoms with E-state index >= 15 is 0 Å². The molecule has 0 radical (unpaired) electrons. The summed E-state index contributed by atoms with van der Waals surface area (Å²) >= 11 is 0. The Kier molecular flexibility index (Phi) is 8.92. The molecule has 178 valence electrons. The zero-order valence-electron chi connectivity index (χ0n) is 19.8. The minimum Gasteiger partial charge on any atom is -0.493 e. The van der Waals surface area contributed by atoms with Crippen molar-refractivity contribution in [3.63, 3.8) is 0 Å². The van der Waals surface area contributed by atoms with Gasteiger partial charge >= 0.3 is 0 Å². The molecule has 1 aliphatic rings. The molecule has 2 heterocycles. The number of ether oxygens (including phenoxy) is 2. The molecule has 2 N–H and O–H groups in total. The van der Waals surface area contributed by atoms with Crippen LogP contribution in [0.4, 0.5) is 0 Å². The first-order valence-electron chi connectivity index (χ1n) is 11.4. The molecule has 1 aromatic carbocycles. The van der Waals surface area contributed by atoms with Gasteiger partial charge in [0.1, 0.15) is 12.7 Å². The third-order valence-electron chi connectivity index (χ3n) is 5.93. The lowest BCUT2D eigenvalue weighted by atomic mass is 10.1. The summed E-state index contributed by atoms with van der Waals surface area (Å²) in [5, 5.41) is 24.5. The van der Waals surface area contributed by atoms with Crippen LogP contribution in [0.3, 0.4) is 0 Å². The van der Waals surface area contributed by atoms with Crippen LogP contribution in [0.15, 0.2) is 24.3 Å². The van der Waals surface area contributed by atoms with Gasteiger partial charge in [-0.2, -0.15) is 5.10 Å². The van der Waals surface area contributed by atoms with Crippen LogP contribution in [0.2, 0.25) is 0 Å². The molecule has 1 fully saturated rings.